The van der Waals surface area contributed by atoms with E-state index in [0.29, 0.717) is 23.7 Å². The quantitative estimate of drug-likeness (QED) is 0.451. The Bertz CT molecular complexity index is 1040. The minimum atomic E-state index is -0.380. The number of thiazole rings is 1. The molecule has 0 unspecified atom stereocenters. The first-order valence-electron chi connectivity index (χ1n) is 10.5. The van der Waals surface area contributed by atoms with Crippen molar-refractivity contribution >= 4 is 34.2 Å². The van der Waals surface area contributed by atoms with Crippen LogP contribution in [-0.2, 0) is 27.3 Å². The molecule has 0 atom stereocenters. The number of anilines is 1. The summed E-state index contributed by atoms with van der Waals surface area (Å²) >= 11 is 1.29. The topological polar surface area (TPSA) is 91.4 Å². The second-order valence-corrected chi connectivity index (χ2v) is 8.24. The Balaban J connectivity index is 1.54. The van der Waals surface area contributed by atoms with E-state index in [4.69, 9.17) is 0 Å². The average molecular weight is 469 g/mol. The second-order valence-electron chi connectivity index (χ2n) is 7.35. The predicted molar refractivity (Wildman–Crippen MR) is 125 cm³/mol. The van der Waals surface area contributed by atoms with Crippen molar-refractivity contribution in [2.75, 3.05) is 18.4 Å². The van der Waals surface area contributed by atoms with Gasteiger partial charge in [0.05, 0.1) is 6.54 Å². The molecular formula is C24H25FN4O3S. The first-order chi connectivity index (χ1) is 16.0. The molecule has 0 aliphatic heterocycles. The smallest absolute Gasteiger partial charge is 0.239 e. The molecule has 0 spiro atoms. The minimum Gasteiger partial charge on any atom is -0.354 e. The Morgan fingerprint density at radius 2 is 1.70 bits per heavy atom. The fraction of sp³-hybridized carbons (Fsp3) is 0.250. The number of carbonyl (C=O) groups is 3. The van der Waals surface area contributed by atoms with Crippen molar-refractivity contribution in [1.29, 1.82) is 0 Å². The Labute approximate surface area is 195 Å². The number of hydrogen-bond donors (Lipinski definition) is 2. The molecule has 3 rings (SSSR count). The van der Waals surface area contributed by atoms with E-state index in [9.17, 15) is 18.8 Å². The van der Waals surface area contributed by atoms with Crippen LogP contribution < -0.4 is 10.6 Å². The summed E-state index contributed by atoms with van der Waals surface area (Å²) in [5.74, 6) is -1.35. The maximum Gasteiger partial charge on any atom is 0.239 e. The third-order valence-electron chi connectivity index (χ3n) is 4.80. The monoisotopic (exact) mass is 468 g/mol. The van der Waals surface area contributed by atoms with E-state index < -0.39 is 0 Å². The van der Waals surface area contributed by atoms with Crippen LogP contribution in [0.3, 0.4) is 0 Å². The zero-order chi connectivity index (χ0) is 23.5. The standard InChI is InChI=1S/C24H25FN4O3S/c25-20-8-6-19(7-9-20)16-29(17-22(31)26-13-12-18-4-2-1-3-5-18)23(32)11-10-21(30)28-24-27-14-15-33-24/h1-9,14-15H,10-13,16-17H2,(H,26,31)(H,27,28,30). The summed E-state index contributed by atoms with van der Waals surface area (Å²) in [5, 5.41) is 7.66. The van der Waals surface area contributed by atoms with Gasteiger partial charge in [0.2, 0.25) is 17.7 Å². The highest BCUT2D eigenvalue weighted by Crippen LogP contribution is 2.12. The second kappa shape index (κ2) is 12.4. The van der Waals surface area contributed by atoms with Crippen molar-refractivity contribution < 1.29 is 18.8 Å². The van der Waals surface area contributed by atoms with Crippen LogP contribution in [0.25, 0.3) is 0 Å². The van der Waals surface area contributed by atoms with Crippen molar-refractivity contribution in [2.45, 2.75) is 25.8 Å². The summed E-state index contributed by atoms with van der Waals surface area (Å²) in [6.07, 6.45) is 2.16. The molecule has 3 amide bonds. The van der Waals surface area contributed by atoms with Gasteiger partial charge in [0.1, 0.15) is 5.82 Å². The predicted octanol–water partition coefficient (Wildman–Crippen LogP) is 3.39. The Morgan fingerprint density at radius 1 is 0.939 bits per heavy atom. The highest BCUT2D eigenvalue weighted by atomic mass is 32.1. The van der Waals surface area contributed by atoms with Gasteiger partial charge in [-0.25, -0.2) is 9.37 Å². The molecule has 0 radical (unpaired) electrons. The first-order valence-corrected chi connectivity index (χ1v) is 11.4. The molecule has 0 aliphatic rings. The number of carbonyl (C=O) groups excluding carboxylic acids is 3. The number of nitrogens with one attached hydrogen (secondary N) is 2. The van der Waals surface area contributed by atoms with E-state index >= 15 is 0 Å². The molecule has 0 aliphatic carbocycles. The molecule has 33 heavy (non-hydrogen) atoms. The van der Waals surface area contributed by atoms with Crippen molar-refractivity contribution in [3.63, 3.8) is 0 Å². The Hall–Kier alpha value is -3.59. The van der Waals surface area contributed by atoms with Crippen molar-refractivity contribution in [3.8, 4) is 0 Å². The summed E-state index contributed by atoms with van der Waals surface area (Å²) in [6, 6.07) is 15.5. The van der Waals surface area contributed by atoms with Crippen LogP contribution in [0.2, 0.25) is 0 Å². The zero-order valence-corrected chi connectivity index (χ0v) is 18.8. The van der Waals surface area contributed by atoms with E-state index in [-0.39, 0.29) is 49.5 Å². The summed E-state index contributed by atoms with van der Waals surface area (Å²) in [7, 11) is 0. The molecule has 3 aromatic rings. The van der Waals surface area contributed by atoms with Crippen LogP contribution in [-0.4, -0.2) is 40.7 Å². The largest absolute Gasteiger partial charge is 0.354 e. The number of halogens is 1. The van der Waals surface area contributed by atoms with Gasteiger partial charge in [0, 0.05) is 37.5 Å². The van der Waals surface area contributed by atoms with Crippen LogP contribution in [0.1, 0.15) is 24.0 Å². The minimum absolute atomic E-state index is 0.0338. The third kappa shape index (κ3) is 8.46. The van der Waals surface area contributed by atoms with E-state index in [1.807, 2.05) is 30.3 Å². The number of hydrogen-bond acceptors (Lipinski definition) is 5. The molecule has 0 saturated carbocycles. The first kappa shape index (κ1) is 24.1. The molecule has 1 heterocycles. The normalized spacial score (nSPS) is 10.5. The van der Waals surface area contributed by atoms with Crippen molar-refractivity contribution in [3.05, 3.63) is 83.1 Å². The number of rotatable bonds is 11. The third-order valence-corrected chi connectivity index (χ3v) is 5.49. The van der Waals surface area contributed by atoms with Gasteiger partial charge in [-0.15, -0.1) is 11.3 Å². The number of amides is 3. The van der Waals surface area contributed by atoms with E-state index in [1.54, 1.807) is 23.7 Å². The van der Waals surface area contributed by atoms with Crippen molar-refractivity contribution in [2.24, 2.45) is 0 Å². The van der Waals surface area contributed by atoms with Crippen LogP contribution in [0.15, 0.2) is 66.2 Å². The van der Waals surface area contributed by atoms with Crippen LogP contribution in [0, 0.1) is 5.82 Å². The lowest BCUT2D eigenvalue weighted by molar-refractivity contribution is -0.137. The van der Waals surface area contributed by atoms with Gasteiger partial charge in [0.25, 0.3) is 0 Å². The molecule has 1 aromatic heterocycles. The molecule has 0 fully saturated rings. The average Bonchev–Trinajstić information content (AvgIpc) is 3.32. The SMILES string of the molecule is O=C(CN(Cc1ccc(F)cc1)C(=O)CCC(=O)Nc1nccs1)NCCc1ccccc1. The highest BCUT2D eigenvalue weighted by molar-refractivity contribution is 7.13. The molecule has 2 aromatic carbocycles. The zero-order valence-electron chi connectivity index (χ0n) is 18.0. The number of nitrogens with zero attached hydrogens (tertiary/aromatic N) is 2. The van der Waals surface area contributed by atoms with Crippen LogP contribution in [0.5, 0.6) is 0 Å². The Kier molecular flexibility index (Phi) is 9.08. The van der Waals surface area contributed by atoms with Crippen molar-refractivity contribution in [1.82, 2.24) is 15.2 Å². The van der Waals surface area contributed by atoms with Gasteiger partial charge in [0.15, 0.2) is 5.13 Å². The molecule has 0 bridgehead atoms. The summed E-state index contributed by atoms with van der Waals surface area (Å²) in [4.78, 5) is 42.8. The fourth-order valence-electron chi connectivity index (χ4n) is 3.11. The van der Waals surface area contributed by atoms with Crippen LogP contribution >= 0.6 is 11.3 Å². The lowest BCUT2D eigenvalue weighted by Gasteiger charge is -2.22. The fourth-order valence-corrected chi connectivity index (χ4v) is 3.65. The number of benzene rings is 2. The van der Waals surface area contributed by atoms with Crippen LogP contribution in [0.4, 0.5) is 9.52 Å². The van der Waals surface area contributed by atoms with Gasteiger partial charge in [-0.05, 0) is 29.7 Å². The van der Waals surface area contributed by atoms with Gasteiger partial charge in [-0.2, -0.15) is 0 Å². The van der Waals surface area contributed by atoms with Gasteiger partial charge in [-0.1, -0.05) is 42.5 Å². The summed E-state index contributed by atoms with van der Waals surface area (Å²) in [5.41, 5.74) is 1.79. The lowest BCUT2D eigenvalue weighted by atomic mass is 10.1. The van der Waals surface area contributed by atoms with E-state index in [2.05, 4.69) is 15.6 Å². The highest BCUT2D eigenvalue weighted by Gasteiger charge is 2.19. The maximum atomic E-state index is 13.2. The van der Waals surface area contributed by atoms with E-state index in [0.717, 1.165) is 5.56 Å². The van der Waals surface area contributed by atoms with E-state index in [1.165, 1.54) is 28.4 Å². The molecular weight excluding hydrogens is 443 g/mol. The lowest BCUT2D eigenvalue weighted by Crippen LogP contribution is -2.41. The van der Waals surface area contributed by atoms with Gasteiger partial charge >= 0.3 is 0 Å². The molecule has 9 heteroatoms. The number of aromatic nitrogens is 1. The van der Waals surface area contributed by atoms with Gasteiger partial charge in [-0.3, -0.25) is 14.4 Å². The molecule has 7 nitrogen and oxygen atoms in total. The molecule has 2 N–H and O–H groups in total. The summed E-state index contributed by atoms with van der Waals surface area (Å²) < 4.78 is 13.2. The molecule has 172 valence electrons. The molecule has 0 saturated heterocycles. The Morgan fingerprint density at radius 3 is 2.39 bits per heavy atom. The summed E-state index contributed by atoms with van der Waals surface area (Å²) in [6.45, 7) is 0.427. The maximum absolute atomic E-state index is 13.2. The van der Waals surface area contributed by atoms with Gasteiger partial charge < -0.3 is 15.5 Å².